The second-order valence-corrected chi connectivity index (χ2v) is 6.29. The second kappa shape index (κ2) is 12.5. The van der Waals surface area contributed by atoms with Crippen molar-refractivity contribution in [3.05, 3.63) is 60.1 Å². The molecule has 0 bridgehead atoms. The number of fused-ring (bicyclic) bond motifs is 2. The SMILES string of the molecule is COc1ccc2c(CC(=O)O)coc2c1.COc1ccc2c(CCO)coc2c1.[AlH3].[H-].[Li+]. The fraction of sp³-hybridized carbons (Fsp3) is 0.227. The molecule has 0 atom stereocenters. The van der Waals surface area contributed by atoms with Gasteiger partial charge in [-0.15, -0.1) is 0 Å². The largest absolute Gasteiger partial charge is 1.00 e. The van der Waals surface area contributed by atoms with E-state index in [0.717, 1.165) is 27.7 Å². The van der Waals surface area contributed by atoms with E-state index in [4.69, 9.17) is 28.5 Å². The summed E-state index contributed by atoms with van der Waals surface area (Å²) in [6.07, 6.45) is 3.75. The predicted molar refractivity (Wildman–Crippen MR) is 119 cm³/mol. The summed E-state index contributed by atoms with van der Waals surface area (Å²) in [6, 6.07) is 11.0. The normalized spacial score (nSPS) is 9.90. The summed E-state index contributed by atoms with van der Waals surface area (Å²) >= 11 is 0. The molecule has 4 rings (SSSR count). The van der Waals surface area contributed by atoms with Crippen molar-refractivity contribution in [1.29, 1.82) is 0 Å². The van der Waals surface area contributed by atoms with Crippen LogP contribution in [0.15, 0.2) is 57.8 Å². The van der Waals surface area contributed by atoms with E-state index in [1.54, 1.807) is 38.7 Å². The number of carboxylic acid groups (broad SMARTS) is 1. The van der Waals surface area contributed by atoms with Crippen LogP contribution < -0.4 is 28.3 Å². The maximum absolute atomic E-state index is 10.6. The minimum atomic E-state index is -0.867. The van der Waals surface area contributed by atoms with E-state index in [1.807, 2.05) is 18.2 Å². The van der Waals surface area contributed by atoms with Gasteiger partial charge < -0.3 is 29.9 Å². The molecular formula is C22H26AlLiO7. The Morgan fingerprint density at radius 1 is 0.935 bits per heavy atom. The van der Waals surface area contributed by atoms with Crippen molar-refractivity contribution < 1.29 is 53.6 Å². The molecule has 0 saturated heterocycles. The van der Waals surface area contributed by atoms with Gasteiger partial charge in [-0.3, -0.25) is 4.79 Å². The summed E-state index contributed by atoms with van der Waals surface area (Å²) in [5.74, 6) is 0.606. The number of hydrogen-bond acceptors (Lipinski definition) is 6. The molecule has 0 aliphatic carbocycles. The third-order valence-corrected chi connectivity index (χ3v) is 4.45. The number of rotatable bonds is 6. The van der Waals surface area contributed by atoms with Crippen LogP contribution in [0, 0.1) is 0 Å². The predicted octanol–water partition coefficient (Wildman–Crippen LogP) is -0.0227. The monoisotopic (exact) mass is 436 g/mol. The molecule has 2 aromatic heterocycles. The van der Waals surface area contributed by atoms with Gasteiger partial charge in [-0.05, 0) is 30.7 Å². The van der Waals surface area contributed by atoms with Crippen LogP contribution in [0.2, 0.25) is 0 Å². The average Bonchev–Trinajstić information content (AvgIpc) is 3.31. The van der Waals surface area contributed by atoms with Crippen molar-refractivity contribution in [3.8, 4) is 11.5 Å². The molecule has 9 heteroatoms. The molecule has 0 fully saturated rings. The Kier molecular flexibility index (Phi) is 10.8. The van der Waals surface area contributed by atoms with E-state index in [9.17, 15) is 4.79 Å². The van der Waals surface area contributed by atoms with Gasteiger partial charge in [0.25, 0.3) is 0 Å². The van der Waals surface area contributed by atoms with Crippen molar-refractivity contribution in [3.63, 3.8) is 0 Å². The maximum Gasteiger partial charge on any atom is 1.00 e. The summed E-state index contributed by atoms with van der Waals surface area (Å²) < 4.78 is 20.7. The first-order valence-corrected chi connectivity index (χ1v) is 8.96. The first-order chi connectivity index (χ1) is 14.0. The number of aliphatic hydroxyl groups is 1. The average molecular weight is 436 g/mol. The van der Waals surface area contributed by atoms with Gasteiger partial charge in [-0.2, -0.15) is 0 Å². The van der Waals surface area contributed by atoms with Crippen molar-refractivity contribution in [1.82, 2.24) is 0 Å². The van der Waals surface area contributed by atoms with Gasteiger partial charge in [0.1, 0.15) is 22.7 Å². The topological polar surface area (TPSA) is 102 Å². The second-order valence-electron chi connectivity index (χ2n) is 6.29. The Morgan fingerprint density at radius 3 is 1.87 bits per heavy atom. The number of methoxy groups -OCH3 is 2. The van der Waals surface area contributed by atoms with Gasteiger partial charge in [0.05, 0.1) is 33.2 Å². The molecule has 2 aromatic carbocycles. The minimum Gasteiger partial charge on any atom is -1.00 e. The fourth-order valence-corrected chi connectivity index (χ4v) is 2.99. The van der Waals surface area contributed by atoms with Crippen LogP contribution in [-0.4, -0.2) is 54.4 Å². The van der Waals surface area contributed by atoms with Crippen molar-refractivity contribution in [2.75, 3.05) is 20.8 Å². The van der Waals surface area contributed by atoms with Crippen LogP contribution in [0.25, 0.3) is 21.9 Å². The standard InChI is InChI=1S/C11H10O4.C11H12O3.Al.Li.4H/c1-14-8-2-3-9-7(4-11(12)13)6-15-10(9)5-8;1-13-9-2-3-10-8(4-5-12)7-14-11(10)6-9;;;;;;/h2-3,5-6H,4H2,1H3,(H,12,13);2-3,6-7,12H,4-5H2,1H3;;;;;;/q;;;+1;;;;-1. The number of carbonyl (C=O) groups is 1. The number of hydrogen-bond donors (Lipinski definition) is 2. The zero-order valence-corrected chi connectivity index (χ0v) is 17.2. The third-order valence-electron chi connectivity index (χ3n) is 4.45. The molecule has 0 spiro atoms. The molecule has 7 nitrogen and oxygen atoms in total. The van der Waals surface area contributed by atoms with Crippen LogP contribution in [0.1, 0.15) is 12.6 Å². The third kappa shape index (κ3) is 6.58. The maximum atomic E-state index is 10.6. The first-order valence-electron chi connectivity index (χ1n) is 8.96. The molecular weight excluding hydrogens is 410 g/mol. The summed E-state index contributed by atoms with van der Waals surface area (Å²) in [7, 11) is 3.20. The molecule has 0 saturated carbocycles. The van der Waals surface area contributed by atoms with Crippen LogP contribution in [0.4, 0.5) is 0 Å². The van der Waals surface area contributed by atoms with Crippen molar-refractivity contribution >= 4 is 45.3 Å². The van der Waals surface area contributed by atoms with E-state index < -0.39 is 5.97 Å². The van der Waals surface area contributed by atoms with Crippen molar-refractivity contribution in [2.24, 2.45) is 0 Å². The molecule has 0 aliphatic heterocycles. The van der Waals surface area contributed by atoms with Gasteiger partial charge in [0.15, 0.2) is 17.4 Å². The first kappa shape index (κ1) is 26.7. The smallest absolute Gasteiger partial charge is 1.00 e. The Labute approximate surface area is 203 Å². The molecule has 2 heterocycles. The molecule has 160 valence electrons. The number of carboxylic acids is 1. The Bertz CT molecular complexity index is 1130. The Balaban J connectivity index is 0.000000550. The van der Waals surface area contributed by atoms with Crippen LogP contribution in [0.3, 0.4) is 0 Å². The van der Waals surface area contributed by atoms with E-state index in [-0.39, 0.29) is 50.7 Å². The van der Waals surface area contributed by atoms with Gasteiger partial charge in [-0.1, -0.05) is 0 Å². The Morgan fingerprint density at radius 2 is 1.42 bits per heavy atom. The van der Waals surface area contributed by atoms with E-state index >= 15 is 0 Å². The number of furan rings is 2. The van der Waals surface area contributed by atoms with Crippen molar-refractivity contribution in [2.45, 2.75) is 12.8 Å². The zero-order chi connectivity index (χ0) is 20.8. The molecule has 0 unspecified atom stereocenters. The summed E-state index contributed by atoms with van der Waals surface area (Å²) in [5, 5.41) is 19.4. The molecule has 2 N–H and O–H groups in total. The Hall–Kier alpha value is -2.32. The molecule has 4 aromatic rings. The number of aliphatic carboxylic acids is 1. The van der Waals surface area contributed by atoms with Gasteiger partial charge in [0, 0.05) is 40.6 Å². The number of benzene rings is 2. The fourth-order valence-electron chi connectivity index (χ4n) is 2.99. The number of aliphatic hydroxyl groups excluding tert-OH is 1. The van der Waals surface area contributed by atoms with Crippen LogP contribution >= 0.6 is 0 Å². The summed E-state index contributed by atoms with van der Waals surface area (Å²) in [4.78, 5) is 10.6. The molecule has 0 radical (unpaired) electrons. The molecule has 31 heavy (non-hydrogen) atoms. The quantitative estimate of drug-likeness (QED) is 0.410. The van der Waals surface area contributed by atoms with E-state index in [1.165, 1.54) is 6.26 Å². The van der Waals surface area contributed by atoms with Crippen LogP contribution in [-0.2, 0) is 17.6 Å². The molecule has 0 aliphatic rings. The van der Waals surface area contributed by atoms with Crippen LogP contribution in [0.5, 0.6) is 11.5 Å². The van der Waals surface area contributed by atoms with Gasteiger partial charge in [-0.25, -0.2) is 0 Å². The van der Waals surface area contributed by atoms with E-state index in [0.29, 0.717) is 23.3 Å². The van der Waals surface area contributed by atoms with Gasteiger partial charge >= 0.3 is 24.8 Å². The van der Waals surface area contributed by atoms with E-state index in [2.05, 4.69) is 0 Å². The zero-order valence-electron chi connectivity index (χ0n) is 18.2. The summed E-state index contributed by atoms with van der Waals surface area (Å²) in [5.41, 5.74) is 3.16. The number of ether oxygens (including phenoxy) is 2. The summed E-state index contributed by atoms with van der Waals surface area (Å²) in [6.45, 7) is 0.140. The molecule has 0 amide bonds. The van der Waals surface area contributed by atoms with Gasteiger partial charge in [0.2, 0.25) is 0 Å². The minimum absolute atomic E-state index is 0.